The summed E-state index contributed by atoms with van der Waals surface area (Å²) in [4.78, 5) is 0. The first-order valence-corrected chi connectivity index (χ1v) is 11.2. The number of unbranched alkanes of at least 4 members (excludes halogenated alkanes) is 10. The van der Waals surface area contributed by atoms with Gasteiger partial charge in [0, 0.05) is 24.8 Å². The fourth-order valence-electron chi connectivity index (χ4n) is 3.05. The SMILES string of the molecule is CCCCCCCC[C@@H](OC)[C@H](I)CCCCCCCCOC. The van der Waals surface area contributed by atoms with Gasteiger partial charge in [-0.2, -0.15) is 0 Å². The van der Waals surface area contributed by atoms with Gasteiger partial charge in [-0.15, -0.1) is 0 Å². The summed E-state index contributed by atoms with van der Waals surface area (Å²) in [6.07, 6.45) is 19.3. The van der Waals surface area contributed by atoms with Gasteiger partial charge in [0.2, 0.25) is 0 Å². The fourth-order valence-corrected chi connectivity index (χ4v) is 4.14. The third kappa shape index (κ3) is 15.9. The summed E-state index contributed by atoms with van der Waals surface area (Å²) in [5, 5.41) is 0. The monoisotopic (exact) mass is 440 g/mol. The Kier molecular flexibility index (Phi) is 19.5. The van der Waals surface area contributed by atoms with Crippen LogP contribution in [-0.2, 0) is 9.47 Å². The highest BCUT2D eigenvalue weighted by Crippen LogP contribution is 2.22. The molecule has 0 radical (unpaired) electrons. The van der Waals surface area contributed by atoms with E-state index in [1.807, 2.05) is 7.11 Å². The first kappa shape index (κ1) is 23.6. The van der Waals surface area contributed by atoms with Crippen LogP contribution in [-0.4, -0.2) is 30.9 Å². The maximum Gasteiger partial charge on any atom is 0.0688 e. The molecule has 0 rings (SSSR count). The van der Waals surface area contributed by atoms with E-state index in [1.165, 1.54) is 89.9 Å². The first-order chi connectivity index (χ1) is 11.3. The van der Waals surface area contributed by atoms with Crippen molar-refractivity contribution in [3.05, 3.63) is 0 Å². The fraction of sp³-hybridized carbons (Fsp3) is 1.00. The van der Waals surface area contributed by atoms with Gasteiger partial charge in [0.15, 0.2) is 0 Å². The number of rotatable bonds is 18. The molecule has 0 spiro atoms. The van der Waals surface area contributed by atoms with Gasteiger partial charge in [0.05, 0.1) is 6.10 Å². The highest BCUT2D eigenvalue weighted by molar-refractivity contribution is 14.1. The largest absolute Gasteiger partial charge is 0.385 e. The number of ether oxygens (including phenoxy) is 2. The topological polar surface area (TPSA) is 18.5 Å². The molecule has 3 heteroatoms. The summed E-state index contributed by atoms with van der Waals surface area (Å²) in [5.74, 6) is 0. The van der Waals surface area contributed by atoms with Crippen LogP contribution in [0.3, 0.4) is 0 Å². The normalized spacial score (nSPS) is 14.1. The van der Waals surface area contributed by atoms with Crippen LogP contribution in [0.5, 0.6) is 0 Å². The molecule has 0 aromatic rings. The lowest BCUT2D eigenvalue weighted by Crippen LogP contribution is -2.22. The number of alkyl halides is 1. The molecule has 0 saturated carbocycles. The van der Waals surface area contributed by atoms with Crippen LogP contribution in [0.2, 0.25) is 0 Å². The summed E-state index contributed by atoms with van der Waals surface area (Å²) in [6, 6.07) is 0. The van der Waals surface area contributed by atoms with Crippen LogP contribution in [0, 0.1) is 0 Å². The minimum Gasteiger partial charge on any atom is -0.385 e. The van der Waals surface area contributed by atoms with Gasteiger partial charge in [0.25, 0.3) is 0 Å². The van der Waals surface area contributed by atoms with E-state index in [4.69, 9.17) is 9.47 Å². The average molecular weight is 440 g/mol. The number of halogens is 1. The smallest absolute Gasteiger partial charge is 0.0688 e. The second-order valence-electron chi connectivity index (χ2n) is 6.75. The van der Waals surface area contributed by atoms with Gasteiger partial charge in [-0.1, -0.05) is 100 Å². The molecule has 0 N–H and O–H groups in total. The maximum absolute atomic E-state index is 5.74. The minimum absolute atomic E-state index is 0.462. The predicted molar refractivity (Wildman–Crippen MR) is 111 cm³/mol. The van der Waals surface area contributed by atoms with E-state index >= 15 is 0 Å². The Bertz CT molecular complexity index is 224. The van der Waals surface area contributed by atoms with Crippen LogP contribution >= 0.6 is 22.6 Å². The molecule has 0 fully saturated rings. The molecule has 2 nitrogen and oxygen atoms in total. The van der Waals surface area contributed by atoms with Crippen molar-refractivity contribution >= 4 is 22.6 Å². The summed E-state index contributed by atoms with van der Waals surface area (Å²) in [6.45, 7) is 3.20. The van der Waals surface area contributed by atoms with E-state index in [0.717, 1.165) is 6.61 Å². The molecule has 0 heterocycles. The van der Waals surface area contributed by atoms with Crippen molar-refractivity contribution in [1.29, 1.82) is 0 Å². The Morgan fingerprint density at radius 3 is 1.78 bits per heavy atom. The van der Waals surface area contributed by atoms with Crippen molar-refractivity contribution in [3.8, 4) is 0 Å². The number of hydrogen-bond donors (Lipinski definition) is 0. The van der Waals surface area contributed by atoms with Crippen molar-refractivity contribution in [2.75, 3.05) is 20.8 Å². The lowest BCUT2D eigenvalue weighted by atomic mass is 10.0. The van der Waals surface area contributed by atoms with E-state index < -0.39 is 0 Å². The molecule has 23 heavy (non-hydrogen) atoms. The second kappa shape index (κ2) is 19.0. The first-order valence-electron chi connectivity index (χ1n) is 9.92. The maximum atomic E-state index is 5.74. The quantitative estimate of drug-likeness (QED) is 0.131. The molecule has 0 bridgehead atoms. The van der Waals surface area contributed by atoms with Gasteiger partial charge in [0.1, 0.15) is 0 Å². The van der Waals surface area contributed by atoms with E-state index in [0.29, 0.717) is 10.0 Å². The molecule has 0 aromatic carbocycles. The molecule has 0 aliphatic rings. The molecular weight excluding hydrogens is 399 g/mol. The van der Waals surface area contributed by atoms with Gasteiger partial charge < -0.3 is 9.47 Å². The Balaban J connectivity index is 3.51. The Morgan fingerprint density at radius 2 is 1.22 bits per heavy atom. The highest BCUT2D eigenvalue weighted by atomic mass is 127. The van der Waals surface area contributed by atoms with Crippen LogP contribution < -0.4 is 0 Å². The van der Waals surface area contributed by atoms with Gasteiger partial charge in [-0.05, 0) is 19.3 Å². The van der Waals surface area contributed by atoms with Crippen molar-refractivity contribution in [2.45, 2.75) is 107 Å². The van der Waals surface area contributed by atoms with Gasteiger partial charge in [-0.25, -0.2) is 0 Å². The van der Waals surface area contributed by atoms with Crippen molar-refractivity contribution in [2.24, 2.45) is 0 Å². The summed E-state index contributed by atoms with van der Waals surface area (Å²) in [5.41, 5.74) is 0. The third-order valence-corrected chi connectivity index (χ3v) is 6.05. The zero-order valence-corrected chi connectivity index (χ0v) is 18.1. The molecule has 0 amide bonds. The number of hydrogen-bond acceptors (Lipinski definition) is 2. The highest BCUT2D eigenvalue weighted by Gasteiger charge is 2.17. The van der Waals surface area contributed by atoms with Crippen LogP contribution in [0.25, 0.3) is 0 Å². The molecule has 0 unspecified atom stereocenters. The van der Waals surface area contributed by atoms with E-state index in [1.54, 1.807) is 7.11 Å². The second-order valence-corrected chi connectivity index (χ2v) is 8.35. The van der Waals surface area contributed by atoms with E-state index in [-0.39, 0.29) is 0 Å². The molecule has 0 aliphatic heterocycles. The minimum atomic E-state index is 0.462. The van der Waals surface area contributed by atoms with Gasteiger partial charge >= 0.3 is 0 Å². The molecular formula is C20H41IO2. The standard InChI is InChI=1S/C20H41IO2/c1-4-5-6-7-11-14-17-20(23-3)19(21)16-13-10-8-9-12-15-18-22-2/h19-20H,4-18H2,1-3H3/t19-,20-/m1/s1. The van der Waals surface area contributed by atoms with E-state index in [2.05, 4.69) is 29.5 Å². The third-order valence-electron chi connectivity index (χ3n) is 4.63. The Morgan fingerprint density at radius 1 is 0.696 bits per heavy atom. The lowest BCUT2D eigenvalue weighted by molar-refractivity contribution is 0.0918. The summed E-state index contributed by atoms with van der Waals surface area (Å²) in [7, 11) is 3.68. The average Bonchev–Trinajstić information content (AvgIpc) is 2.56. The molecule has 0 aliphatic carbocycles. The number of methoxy groups -OCH3 is 2. The predicted octanol–water partition coefficient (Wildman–Crippen LogP) is 6.93. The van der Waals surface area contributed by atoms with Crippen molar-refractivity contribution in [1.82, 2.24) is 0 Å². The summed E-state index contributed by atoms with van der Waals surface area (Å²) < 4.78 is 11.5. The lowest BCUT2D eigenvalue weighted by Gasteiger charge is -2.21. The van der Waals surface area contributed by atoms with Gasteiger partial charge in [-0.3, -0.25) is 0 Å². The Hall–Kier alpha value is 0.650. The van der Waals surface area contributed by atoms with E-state index in [9.17, 15) is 0 Å². The van der Waals surface area contributed by atoms with Crippen molar-refractivity contribution < 1.29 is 9.47 Å². The summed E-state index contributed by atoms with van der Waals surface area (Å²) >= 11 is 2.62. The van der Waals surface area contributed by atoms with Crippen LogP contribution in [0.1, 0.15) is 96.8 Å². The molecule has 140 valence electrons. The van der Waals surface area contributed by atoms with Crippen LogP contribution in [0.15, 0.2) is 0 Å². The zero-order chi connectivity index (χ0) is 17.2. The van der Waals surface area contributed by atoms with Crippen LogP contribution in [0.4, 0.5) is 0 Å². The van der Waals surface area contributed by atoms with Crippen molar-refractivity contribution in [3.63, 3.8) is 0 Å². The molecule has 2 atom stereocenters. The molecule has 0 aromatic heterocycles. The Labute approximate surface area is 159 Å². The zero-order valence-electron chi connectivity index (χ0n) is 16.0. The molecule has 0 saturated heterocycles.